The van der Waals surface area contributed by atoms with Gasteiger partial charge >= 0.3 is 0 Å². The maximum Gasteiger partial charge on any atom is 0.0184 e. The van der Waals surface area contributed by atoms with Crippen molar-refractivity contribution in [2.75, 3.05) is 0 Å². The third kappa shape index (κ3) is 1.95. The van der Waals surface area contributed by atoms with E-state index in [2.05, 4.69) is 33.0 Å². The maximum atomic E-state index is 4.03. The quantitative estimate of drug-likeness (QED) is 0.730. The zero-order chi connectivity index (χ0) is 11.1. The van der Waals surface area contributed by atoms with E-state index in [1.165, 1.54) is 38.5 Å². The number of nitrogens with one attached hydrogen (secondary N) is 1. The maximum absolute atomic E-state index is 4.03. The van der Waals surface area contributed by atoms with Crippen molar-refractivity contribution < 1.29 is 0 Å². The van der Waals surface area contributed by atoms with Gasteiger partial charge in [-0.25, -0.2) is 0 Å². The lowest BCUT2D eigenvalue weighted by Crippen LogP contribution is -2.57. The molecule has 0 spiro atoms. The molecule has 2 aliphatic carbocycles. The molecule has 0 aromatic heterocycles. The van der Waals surface area contributed by atoms with Crippen LogP contribution in [0, 0.1) is 11.8 Å². The lowest BCUT2D eigenvalue weighted by Gasteiger charge is -2.42. The van der Waals surface area contributed by atoms with Crippen LogP contribution in [0.4, 0.5) is 0 Å². The second-order valence-electron chi connectivity index (χ2n) is 6.55. The lowest BCUT2D eigenvalue weighted by molar-refractivity contribution is 0.165. The molecule has 0 radical (unpaired) electrons. The van der Waals surface area contributed by atoms with E-state index in [-0.39, 0.29) is 0 Å². The molecule has 0 bridgehead atoms. The highest BCUT2D eigenvalue weighted by atomic mass is 15.1. The summed E-state index contributed by atoms with van der Waals surface area (Å²) in [6.07, 6.45) is 8.39. The molecule has 4 unspecified atom stereocenters. The number of rotatable bonds is 2. The smallest absolute Gasteiger partial charge is 0.0184 e. The van der Waals surface area contributed by atoms with Crippen molar-refractivity contribution in [2.45, 2.75) is 77.3 Å². The molecule has 2 fully saturated rings. The molecular formula is C14H27N. The summed E-state index contributed by atoms with van der Waals surface area (Å²) >= 11 is 0. The standard InChI is InChI=1S/C14H27N/c1-11-7-5-9-13(11,3)15-14(4)10-6-8-12(14)2/h11-12,15H,5-10H2,1-4H3. The average Bonchev–Trinajstić information content (AvgIpc) is 2.61. The summed E-state index contributed by atoms with van der Waals surface area (Å²) in [4.78, 5) is 0. The summed E-state index contributed by atoms with van der Waals surface area (Å²) in [6, 6.07) is 0. The van der Waals surface area contributed by atoms with E-state index in [1.807, 2.05) is 0 Å². The summed E-state index contributed by atoms with van der Waals surface area (Å²) in [5, 5.41) is 4.03. The first-order chi connectivity index (χ1) is 6.96. The summed E-state index contributed by atoms with van der Waals surface area (Å²) in [5.74, 6) is 1.70. The molecule has 0 saturated heterocycles. The van der Waals surface area contributed by atoms with E-state index in [9.17, 15) is 0 Å². The van der Waals surface area contributed by atoms with Gasteiger partial charge in [-0.2, -0.15) is 0 Å². The largest absolute Gasteiger partial charge is 0.306 e. The molecule has 2 saturated carbocycles. The van der Waals surface area contributed by atoms with Gasteiger partial charge in [-0.15, -0.1) is 0 Å². The summed E-state index contributed by atoms with van der Waals surface area (Å²) in [7, 11) is 0. The first-order valence-electron chi connectivity index (χ1n) is 6.76. The van der Waals surface area contributed by atoms with Gasteiger partial charge in [0.25, 0.3) is 0 Å². The van der Waals surface area contributed by atoms with Crippen LogP contribution in [0.2, 0.25) is 0 Å². The highest BCUT2D eigenvalue weighted by Crippen LogP contribution is 2.42. The van der Waals surface area contributed by atoms with Crippen LogP contribution in [0.25, 0.3) is 0 Å². The SMILES string of the molecule is CC1CCCC1(C)NC1(C)CCCC1C. The van der Waals surface area contributed by atoms with Crippen molar-refractivity contribution in [3.8, 4) is 0 Å². The molecule has 1 heteroatoms. The van der Waals surface area contributed by atoms with Crippen LogP contribution in [-0.4, -0.2) is 11.1 Å². The Morgan fingerprint density at radius 3 is 1.53 bits per heavy atom. The molecule has 88 valence electrons. The fourth-order valence-electron chi connectivity index (χ4n) is 3.70. The molecule has 0 aromatic rings. The first-order valence-corrected chi connectivity index (χ1v) is 6.76. The van der Waals surface area contributed by atoms with Gasteiger partial charge in [-0.1, -0.05) is 26.7 Å². The number of hydrogen-bond acceptors (Lipinski definition) is 1. The second-order valence-corrected chi connectivity index (χ2v) is 6.55. The Bertz CT molecular complexity index is 213. The van der Waals surface area contributed by atoms with Crippen molar-refractivity contribution in [2.24, 2.45) is 11.8 Å². The van der Waals surface area contributed by atoms with Gasteiger partial charge in [0.2, 0.25) is 0 Å². The zero-order valence-corrected chi connectivity index (χ0v) is 10.9. The van der Waals surface area contributed by atoms with Gasteiger partial charge in [0, 0.05) is 11.1 Å². The normalized spacial score (nSPS) is 51.2. The van der Waals surface area contributed by atoms with Gasteiger partial charge in [-0.05, 0) is 51.4 Å². The van der Waals surface area contributed by atoms with Gasteiger partial charge in [0.1, 0.15) is 0 Å². The van der Waals surface area contributed by atoms with Crippen molar-refractivity contribution >= 4 is 0 Å². The van der Waals surface area contributed by atoms with E-state index < -0.39 is 0 Å². The van der Waals surface area contributed by atoms with Crippen LogP contribution in [0.5, 0.6) is 0 Å². The van der Waals surface area contributed by atoms with Crippen LogP contribution in [0.1, 0.15) is 66.2 Å². The fraction of sp³-hybridized carbons (Fsp3) is 1.00. The Hall–Kier alpha value is -0.0400. The fourth-order valence-corrected chi connectivity index (χ4v) is 3.70. The monoisotopic (exact) mass is 209 g/mol. The summed E-state index contributed by atoms with van der Waals surface area (Å²) in [5.41, 5.74) is 0.820. The Balaban J connectivity index is 2.07. The van der Waals surface area contributed by atoms with Crippen molar-refractivity contribution in [1.29, 1.82) is 0 Å². The van der Waals surface area contributed by atoms with E-state index in [4.69, 9.17) is 0 Å². The summed E-state index contributed by atoms with van der Waals surface area (Å²) in [6.45, 7) is 9.73. The predicted octanol–water partition coefficient (Wildman–Crippen LogP) is 3.73. The van der Waals surface area contributed by atoms with Crippen molar-refractivity contribution in [3.63, 3.8) is 0 Å². The molecule has 0 aliphatic heterocycles. The van der Waals surface area contributed by atoms with E-state index in [0.717, 1.165) is 11.8 Å². The van der Waals surface area contributed by atoms with Crippen molar-refractivity contribution in [3.05, 3.63) is 0 Å². The third-order valence-electron chi connectivity index (χ3n) is 5.41. The molecule has 0 amide bonds. The molecule has 1 N–H and O–H groups in total. The molecule has 0 aromatic carbocycles. The predicted molar refractivity (Wildman–Crippen MR) is 66.0 cm³/mol. The van der Waals surface area contributed by atoms with Crippen LogP contribution in [-0.2, 0) is 0 Å². The minimum atomic E-state index is 0.410. The zero-order valence-electron chi connectivity index (χ0n) is 10.9. The third-order valence-corrected chi connectivity index (χ3v) is 5.41. The highest BCUT2D eigenvalue weighted by Gasteiger charge is 2.44. The topological polar surface area (TPSA) is 12.0 Å². The van der Waals surface area contributed by atoms with Crippen molar-refractivity contribution in [1.82, 2.24) is 5.32 Å². The molecule has 0 heterocycles. The molecule has 2 aliphatic rings. The van der Waals surface area contributed by atoms with Crippen LogP contribution in [0.15, 0.2) is 0 Å². The Kier molecular flexibility index (Phi) is 2.87. The van der Waals surface area contributed by atoms with Gasteiger partial charge in [0.05, 0.1) is 0 Å². The minimum absolute atomic E-state index is 0.410. The van der Waals surface area contributed by atoms with Crippen LogP contribution < -0.4 is 5.32 Å². The minimum Gasteiger partial charge on any atom is -0.306 e. The van der Waals surface area contributed by atoms with Gasteiger partial charge in [0.15, 0.2) is 0 Å². The first kappa shape index (κ1) is 11.4. The Morgan fingerprint density at radius 2 is 1.27 bits per heavy atom. The average molecular weight is 209 g/mol. The Morgan fingerprint density at radius 1 is 0.867 bits per heavy atom. The van der Waals surface area contributed by atoms with Gasteiger partial charge < -0.3 is 5.32 Å². The molecular weight excluding hydrogens is 182 g/mol. The van der Waals surface area contributed by atoms with Gasteiger partial charge in [-0.3, -0.25) is 0 Å². The lowest BCUT2D eigenvalue weighted by atomic mass is 9.83. The highest BCUT2D eigenvalue weighted by molar-refractivity contribution is 5.03. The number of hydrogen-bond donors (Lipinski definition) is 1. The second kappa shape index (κ2) is 3.76. The summed E-state index contributed by atoms with van der Waals surface area (Å²) < 4.78 is 0. The Labute approximate surface area is 95.0 Å². The van der Waals surface area contributed by atoms with E-state index in [1.54, 1.807) is 0 Å². The van der Waals surface area contributed by atoms with E-state index >= 15 is 0 Å². The van der Waals surface area contributed by atoms with E-state index in [0.29, 0.717) is 11.1 Å². The van der Waals surface area contributed by atoms with Crippen LogP contribution >= 0.6 is 0 Å². The van der Waals surface area contributed by atoms with Crippen LogP contribution in [0.3, 0.4) is 0 Å². The molecule has 1 nitrogen and oxygen atoms in total. The molecule has 4 atom stereocenters. The molecule has 15 heavy (non-hydrogen) atoms. The molecule has 2 rings (SSSR count).